The van der Waals surface area contributed by atoms with Crippen molar-refractivity contribution >= 4 is 5.91 Å². The quantitative estimate of drug-likeness (QED) is 0.774. The molecular formula is C17H17N5O2. The largest absolute Gasteiger partial charge is 0.480 e. The molecule has 1 amide bonds. The molecule has 0 atom stereocenters. The highest BCUT2D eigenvalue weighted by molar-refractivity contribution is 5.96. The van der Waals surface area contributed by atoms with Gasteiger partial charge in [0.25, 0.3) is 5.91 Å². The first-order chi connectivity index (χ1) is 11.7. The number of amides is 1. The average molecular weight is 323 g/mol. The predicted molar refractivity (Wildman–Crippen MR) is 88.4 cm³/mol. The molecule has 3 rings (SSSR count). The fraction of sp³-hybridized carbons (Fsp3) is 0.176. The van der Waals surface area contributed by atoms with Gasteiger partial charge in [-0.1, -0.05) is 6.07 Å². The highest BCUT2D eigenvalue weighted by Gasteiger charge is 2.12. The molecule has 0 radical (unpaired) electrons. The number of aromatic nitrogens is 4. The van der Waals surface area contributed by atoms with Crippen LogP contribution in [0.5, 0.6) is 5.88 Å². The van der Waals surface area contributed by atoms with E-state index in [-0.39, 0.29) is 5.91 Å². The lowest BCUT2D eigenvalue weighted by atomic mass is 10.2. The van der Waals surface area contributed by atoms with Gasteiger partial charge >= 0.3 is 0 Å². The van der Waals surface area contributed by atoms with E-state index in [0.717, 1.165) is 17.0 Å². The normalized spacial score (nSPS) is 10.4. The van der Waals surface area contributed by atoms with Crippen molar-refractivity contribution in [1.82, 2.24) is 25.1 Å². The van der Waals surface area contributed by atoms with Crippen LogP contribution in [0.2, 0.25) is 0 Å². The zero-order valence-electron chi connectivity index (χ0n) is 13.4. The topological polar surface area (TPSA) is 81.9 Å². The van der Waals surface area contributed by atoms with Crippen LogP contribution >= 0.6 is 0 Å². The zero-order chi connectivity index (χ0) is 16.9. The number of ether oxygens (including phenoxy) is 1. The van der Waals surface area contributed by atoms with Gasteiger partial charge in [0.1, 0.15) is 5.56 Å². The second-order valence-electron chi connectivity index (χ2n) is 5.13. The summed E-state index contributed by atoms with van der Waals surface area (Å²) in [6.07, 6.45) is 5.05. The van der Waals surface area contributed by atoms with Gasteiger partial charge in [0.05, 0.1) is 18.5 Å². The van der Waals surface area contributed by atoms with Crippen LogP contribution < -0.4 is 10.1 Å². The van der Waals surface area contributed by atoms with Crippen LogP contribution in [0.1, 0.15) is 15.9 Å². The lowest BCUT2D eigenvalue weighted by Crippen LogP contribution is -2.23. The van der Waals surface area contributed by atoms with Gasteiger partial charge in [-0.25, -0.2) is 4.98 Å². The maximum absolute atomic E-state index is 12.2. The van der Waals surface area contributed by atoms with E-state index < -0.39 is 0 Å². The number of pyridine rings is 2. The van der Waals surface area contributed by atoms with Crippen LogP contribution in [0.25, 0.3) is 11.4 Å². The van der Waals surface area contributed by atoms with Crippen LogP contribution in [-0.4, -0.2) is 32.8 Å². The molecule has 3 aromatic heterocycles. The Labute approximate surface area is 139 Å². The van der Waals surface area contributed by atoms with E-state index in [1.165, 1.54) is 7.11 Å². The van der Waals surface area contributed by atoms with E-state index in [1.807, 2.05) is 25.2 Å². The maximum atomic E-state index is 12.2. The van der Waals surface area contributed by atoms with Crippen LogP contribution in [0.15, 0.2) is 48.9 Å². The summed E-state index contributed by atoms with van der Waals surface area (Å²) in [7, 11) is 3.35. The van der Waals surface area contributed by atoms with Gasteiger partial charge < -0.3 is 10.1 Å². The molecule has 0 saturated carbocycles. The lowest BCUT2D eigenvalue weighted by Gasteiger charge is -2.08. The van der Waals surface area contributed by atoms with Crippen molar-refractivity contribution in [3.05, 3.63) is 60.0 Å². The van der Waals surface area contributed by atoms with Gasteiger partial charge in [-0.2, -0.15) is 5.10 Å². The Morgan fingerprint density at radius 3 is 2.75 bits per heavy atom. The molecule has 3 aromatic rings. The monoisotopic (exact) mass is 323 g/mol. The second-order valence-corrected chi connectivity index (χ2v) is 5.13. The second kappa shape index (κ2) is 6.91. The molecule has 0 saturated heterocycles. The summed E-state index contributed by atoms with van der Waals surface area (Å²) in [5.41, 5.74) is 3.07. The number of methoxy groups -OCH3 is 1. The van der Waals surface area contributed by atoms with Crippen molar-refractivity contribution < 1.29 is 9.53 Å². The van der Waals surface area contributed by atoms with Crippen LogP contribution in [-0.2, 0) is 13.6 Å². The number of nitrogens with one attached hydrogen (secondary N) is 1. The Kier molecular flexibility index (Phi) is 4.51. The average Bonchev–Trinajstić information content (AvgIpc) is 3.06. The summed E-state index contributed by atoms with van der Waals surface area (Å²) in [4.78, 5) is 20.7. The molecule has 0 aliphatic heterocycles. The van der Waals surface area contributed by atoms with Gasteiger partial charge in [0.15, 0.2) is 0 Å². The van der Waals surface area contributed by atoms with Crippen molar-refractivity contribution in [3.63, 3.8) is 0 Å². The predicted octanol–water partition coefficient (Wildman–Crippen LogP) is 1.82. The Hall–Kier alpha value is -3.22. The molecule has 0 bridgehead atoms. The van der Waals surface area contributed by atoms with Crippen LogP contribution in [0.4, 0.5) is 0 Å². The third-order valence-corrected chi connectivity index (χ3v) is 3.57. The number of carbonyl (C=O) groups excluding carboxylic acids is 1. The summed E-state index contributed by atoms with van der Waals surface area (Å²) in [6.45, 7) is 0.371. The lowest BCUT2D eigenvalue weighted by molar-refractivity contribution is 0.0947. The summed E-state index contributed by atoms with van der Waals surface area (Å²) in [6, 6.07) is 9.10. The third kappa shape index (κ3) is 3.24. The minimum atomic E-state index is -0.240. The Morgan fingerprint density at radius 1 is 1.21 bits per heavy atom. The molecule has 0 aliphatic rings. The van der Waals surface area contributed by atoms with Crippen molar-refractivity contribution in [2.45, 2.75) is 6.54 Å². The van der Waals surface area contributed by atoms with Gasteiger partial charge in [-0.3, -0.25) is 14.5 Å². The third-order valence-electron chi connectivity index (χ3n) is 3.57. The molecule has 0 spiro atoms. The number of hydrogen-bond acceptors (Lipinski definition) is 5. The number of nitrogens with zero attached hydrogens (tertiary/aromatic N) is 4. The molecule has 122 valence electrons. The highest BCUT2D eigenvalue weighted by atomic mass is 16.5. The van der Waals surface area contributed by atoms with E-state index >= 15 is 0 Å². The van der Waals surface area contributed by atoms with Crippen molar-refractivity contribution in [2.75, 3.05) is 7.11 Å². The van der Waals surface area contributed by atoms with E-state index in [9.17, 15) is 4.79 Å². The van der Waals surface area contributed by atoms with E-state index in [1.54, 1.807) is 35.4 Å². The van der Waals surface area contributed by atoms with E-state index in [2.05, 4.69) is 20.4 Å². The van der Waals surface area contributed by atoms with Crippen molar-refractivity contribution in [1.29, 1.82) is 0 Å². The fourth-order valence-corrected chi connectivity index (χ4v) is 2.31. The van der Waals surface area contributed by atoms with Gasteiger partial charge in [0, 0.05) is 32.2 Å². The first-order valence-corrected chi connectivity index (χ1v) is 7.39. The smallest absolute Gasteiger partial charge is 0.257 e. The molecule has 1 N–H and O–H groups in total. The first kappa shape index (κ1) is 15.7. The molecule has 3 heterocycles. The number of rotatable bonds is 5. The van der Waals surface area contributed by atoms with Crippen molar-refractivity contribution in [3.8, 4) is 17.3 Å². The molecule has 0 unspecified atom stereocenters. The maximum Gasteiger partial charge on any atom is 0.257 e. The highest BCUT2D eigenvalue weighted by Crippen LogP contribution is 2.16. The minimum absolute atomic E-state index is 0.240. The molecule has 24 heavy (non-hydrogen) atoms. The summed E-state index contributed by atoms with van der Waals surface area (Å²) >= 11 is 0. The minimum Gasteiger partial charge on any atom is -0.480 e. The Balaban J connectivity index is 1.67. The molecule has 7 heteroatoms. The van der Waals surface area contributed by atoms with Gasteiger partial charge in [0.2, 0.25) is 5.88 Å². The van der Waals surface area contributed by atoms with Crippen molar-refractivity contribution in [2.24, 2.45) is 7.05 Å². The fourth-order valence-electron chi connectivity index (χ4n) is 2.31. The first-order valence-electron chi connectivity index (χ1n) is 7.39. The Bertz CT molecular complexity index is 842. The summed E-state index contributed by atoms with van der Waals surface area (Å²) in [5.74, 6) is 0.0651. The van der Waals surface area contributed by atoms with Crippen LogP contribution in [0.3, 0.4) is 0 Å². The molecule has 0 aromatic carbocycles. The van der Waals surface area contributed by atoms with Gasteiger partial charge in [-0.05, 0) is 29.8 Å². The number of aryl methyl sites for hydroxylation is 1. The van der Waals surface area contributed by atoms with E-state index in [0.29, 0.717) is 18.0 Å². The summed E-state index contributed by atoms with van der Waals surface area (Å²) in [5, 5.41) is 6.97. The molecule has 7 nitrogen and oxygen atoms in total. The standard InChI is InChI=1S/C17H17N5O2/c1-22-15(7-9-21-22)14-6-5-12(10-19-14)11-20-16(23)13-4-3-8-18-17(13)24-2/h3-10H,11H2,1-2H3,(H,20,23). The zero-order valence-corrected chi connectivity index (χ0v) is 13.4. The number of carbonyl (C=O) groups is 1. The van der Waals surface area contributed by atoms with Gasteiger partial charge in [-0.15, -0.1) is 0 Å². The number of hydrogen-bond donors (Lipinski definition) is 1. The van der Waals surface area contributed by atoms with Crippen LogP contribution in [0, 0.1) is 0 Å². The molecule has 0 aliphatic carbocycles. The van der Waals surface area contributed by atoms with E-state index in [4.69, 9.17) is 4.74 Å². The molecule has 0 fully saturated rings. The molecular weight excluding hydrogens is 306 g/mol. The SMILES string of the molecule is COc1ncccc1C(=O)NCc1ccc(-c2ccnn2C)nc1. The summed E-state index contributed by atoms with van der Waals surface area (Å²) < 4.78 is 6.86. The Morgan fingerprint density at radius 2 is 2.08 bits per heavy atom.